The molecule has 2 aromatic rings. The lowest BCUT2D eigenvalue weighted by Crippen LogP contribution is -2.02. The lowest BCUT2D eigenvalue weighted by Gasteiger charge is -1.95. The molecule has 2 rings (SSSR count). The Morgan fingerprint density at radius 3 is 2.78 bits per heavy atom. The first kappa shape index (κ1) is 12.7. The summed E-state index contributed by atoms with van der Waals surface area (Å²) in [5.41, 5.74) is -0.0227. The molecular weight excluding hydrogens is 278 g/mol. The Balaban J connectivity index is 2.19. The van der Waals surface area contributed by atoms with E-state index in [9.17, 15) is 13.2 Å². The molecule has 0 aliphatic carbocycles. The van der Waals surface area contributed by atoms with Gasteiger partial charge < -0.3 is 5.11 Å². The van der Waals surface area contributed by atoms with Crippen LogP contribution in [-0.4, -0.2) is 40.5 Å². The fraction of sp³-hybridized carbons (Fsp3) is 0.222. The number of carboxylic acid groups (broad SMARTS) is 1. The van der Waals surface area contributed by atoms with Gasteiger partial charge in [-0.05, 0) is 0 Å². The van der Waals surface area contributed by atoms with Gasteiger partial charge in [0.25, 0.3) is 0 Å². The minimum absolute atomic E-state index is 0.0227. The van der Waals surface area contributed by atoms with E-state index in [0.29, 0.717) is 5.01 Å². The Hall–Kier alpha value is -1.74. The van der Waals surface area contributed by atoms with E-state index in [1.165, 1.54) is 33.8 Å². The average molecular weight is 287 g/mol. The number of rotatable bonds is 4. The van der Waals surface area contributed by atoms with E-state index < -0.39 is 15.8 Å². The molecule has 7 nitrogen and oxygen atoms in total. The third-order valence-electron chi connectivity index (χ3n) is 2.11. The smallest absolute Gasteiger partial charge is 0.355 e. The summed E-state index contributed by atoms with van der Waals surface area (Å²) in [4.78, 5) is 14.7. The van der Waals surface area contributed by atoms with Crippen LogP contribution in [0.2, 0.25) is 0 Å². The monoisotopic (exact) mass is 287 g/mol. The van der Waals surface area contributed by atoms with Gasteiger partial charge in [0.05, 0.1) is 12.7 Å². The van der Waals surface area contributed by atoms with E-state index in [2.05, 4.69) is 10.1 Å². The minimum Gasteiger partial charge on any atom is -0.476 e. The van der Waals surface area contributed by atoms with Crippen LogP contribution in [0.1, 0.15) is 15.5 Å². The van der Waals surface area contributed by atoms with Crippen molar-refractivity contribution in [2.75, 3.05) is 6.26 Å². The average Bonchev–Trinajstić information content (AvgIpc) is 2.85. The van der Waals surface area contributed by atoms with Gasteiger partial charge in [0, 0.05) is 17.8 Å². The molecule has 0 saturated carbocycles. The molecule has 0 aromatic carbocycles. The number of aromatic nitrogens is 3. The molecule has 0 radical (unpaired) electrons. The van der Waals surface area contributed by atoms with E-state index in [-0.39, 0.29) is 17.1 Å². The van der Waals surface area contributed by atoms with Crippen molar-refractivity contribution >= 4 is 27.1 Å². The maximum Gasteiger partial charge on any atom is 0.355 e. The predicted molar refractivity (Wildman–Crippen MR) is 63.5 cm³/mol. The summed E-state index contributed by atoms with van der Waals surface area (Å²) in [7, 11) is -3.28. The second-order valence-corrected chi connectivity index (χ2v) is 6.54. The van der Waals surface area contributed by atoms with Crippen LogP contribution in [0.3, 0.4) is 0 Å². The number of sulfone groups is 1. The molecular formula is C9H9N3O4S2. The Morgan fingerprint density at radius 1 is 1.56 bits per heavy atom. The van der Waals surface area contributed by atoms with E-state index in [1.54, 1.807) is 0 Å². The number of carbonyl (C=O) groups is 1. The van der Waals surface area contributed by atoms with E-state index >= 15 is 0 Å². The maximum atomic E-state index is 11.2. The number of thiazole rings is 1. The molecule has 0 unspecified atom stereocenters. The molecule has 0 aliphatic heterocycles. The van der Waals surface area contributed by atoms with Crippen LogP contribution in [0.4, 0.5) is 0 Å². The Bertz CT molecular complexity index is 686. The highest BCUT2D eigenvalue weighted by Crippen LogP contribution is 2.13. The van der Waals surface area contributed by atoms with Gasteiger partial charge in [-0.1, -0.05) is 0 Å². The zero-order valence-electron chi connectivity index (χ0n) is 9.27. The Kier molecular flexibility index (Phi) is 3.18. The van der Waals surface area contributed by atoms with Gasteiger partial charge in [-0.15, -0.1) is 11.3 Å². The highest BCUT2D eigenvalue weighted by molar-refractivity contribution is 7.90. The molecule has 0 aliphatic rings. The lowest BCUT2D eigenvalue weighted by atomic mass is 10.5. The van der Waals surface area contributed by atoms with Crippen LogP contribution < -0.4 is 0 Å². The van der Waals surface area contributed by atoms with Crippen molar-refractivity contribution in [2.24, 2.45) is 0 Å². The first-order valence-electron chi connectivity index (χ1n) is 4.76. The van der Waals surface area contributed by atoms with Crippen molar-refractivity contribution < 1.29 is 18.3 Å². The molecule has 0 saturated heterocycles. The molecule has 0 spiro atoms. The second kappa shape index (κ2) is 4.50. The molecule has 0 fully saturated rings. The molecule has 0 amide bonds. The third-order valence-corrected chi connectivity index (χ3v) is 4.01. The molecule has 2 aromatic heterocycles. The number of nitrogens with zero attached hydrogens (tertiary/aromatic N) is 3. The van der Waals surface area contributed by atoms with Gasteiger partial charge in [-0.3, -0.25) is 4.68 Å². The van der Waals surface area contributed by atoms with E-state index in [0.717, 1.165) is 6.26 Å². The molecule has 96 valence electrons. The van der Waals surface area contributed by atoms with Crippen LogP contribution in [0.5, 0.6) is 0 Å². The first-order valence-corrected chi connectivity index (χ1v) is 7.53. The molecule has 0 bridgehead atoms. The fourth-order valence-corrected chi connectivity index (χ4v) is 2.55. The zero-order valence-corrected chi connectivity index (χ0v) is 10.9. The predicted octanol–water partition coefficient (Wildman–Crippen LogP) is 0.490. The third kappa shape index (κ3) is 2.74. The maximum absolute atomic E-state index is 11.2. The summed E-state index contributed by atoms with van der Waals surface area (Å²) in [6.07, 6.45) is 3.73. The summed E-state index contributed by atoms with van der Waals surface area (Å²) in [5.74, 6) is -1.09. The van der Waals surface area contributed by atoms with Gasteiger partial charge in [0.2, 0.25) is 0 Å². The highest BCUT2D eigenvalue weighted by atomic mass is 32.2. The number of hydrogen-bond donors (Lipinski definition) is 1. The molecule has 2 heterocycles. The fourth-order valence-electron chi connectivity index (χ4n) is 1.24. The van der Waals surface area contributed by atoms with Crippen molar-refractivity contribution in [1.29, 1.82) is 0 Å². The molecule has 18 heavy (non-hydrogen) atoms. The van der Waals surface area contributed by atoms with Crippen LogP contribution in [0, 0.1) is 0 Å². The van der Waals surface area contributed by atoms with Crippen LogP contribution in [-0.2, 0) is 16.4 Å². The summed E-state index contributed by atoms with van der Waals surface area (Å²) < 4.78 is 23.9. The largest absolute Gasteiger partial charge is 0.476 e. The summed E-state index contributed by atoms with van der Waals surface area (Å²) in [6.45, 7) is 0.244. The van der Waals surface area contributed by atoms with E-state index in [1.807, 2.05) is 0 Å². The van der Waals surface area contributed by atoms with Crippen molar-refractivity contribution in [3.05, 3.63) is 28.5 Å². The molecule has 9 heteroatoms. The topological polar surface area (TPSA) is 102 Å². The summed E-state index contributed by atoms with van der Waals surface area (Å²) >= 11 is 1.19. The van der Waals surface area contributed by atoms with Gasteiger partial charge in [0.1, 0.15) is 9.90 Å². The SMILES string of the molecule is CS(=O)(=O)c1cnn(Cc2nc(C(=O)O)cs2)c1. The Labute approximate surface area is 107 Å². The number of carboxylic acids is 1. The van der Waals surface area contributed by atoms with Crippen molar-refractivity contribution in [3.63, 3.8) is 0 Å². The van der Waals surface area contributed by atoms with Gasteiger partial charge >= 0.3 is 5.97 Å². The van der Waals surface area contributed by atoms with Crippen molar-refractivity contribution in [1.82, 2.24) is 14.8 Å². The van der Waals surface area contributed by atoms with Crippen LogP contribution in [0.15, 0.2) is 22.7 Å². The second-order valence-electron chi connectivity index (χ2n) is 3.58. The van der Waals surface area contributed by atoms with Gasteiger partial charge in [0.15, 0.2) is 15.5 Å². The minimum atomic E-state index is -3.28. The van der Waals surface area contributed by atoms with Crippen LogP contribution in [0.25, 0.3) is 0 Å². The summed E-state index contributed by atoms with van der Waals surface area (Å²) in [6, 6.07) is 0. The van der Waals surface area contributed by atoms with Crippen LogP contribution >= 0.6 is 11.3 Å². The Morgan fingerprint density at radius 2 is 2.28 bits per heavy atom. The van der Waals surface area contributed by atoms with Crippen molar-refractivity contribution in [2.45, 2.75) is 11.4 Å². The first-order chi connectivity index (χ1) is 8.36. The summed E-state index contributed by atoms with van der Waals surface area (Å²) in [5, 5.41) is 14.6. The van der Waals surface area contributed by atoms with Crippen molar-refractivity contribution in [3.8, 4) is 0 Å². The zero-order chi connectivity index (χ0) is 13.3. The normalized spacial score (nSPS) is 11.6. The quantitative estimate of drug-likeness (QED) is 0.878. The molecule has 1 N–H and O–H groups in total. The molecule has 0 atom stereocenters. The number of aromatic carboxylic acids is 1. The standard InChI is InChI=1S/C9H9N3O4S2/c1-18(15,16)6-2-10-12(3-6)4-8-11-7(5-17-8)9(13)14/h2-3,5H,4H2,1H3,(H,13,14). The highest BCUT2D eigenvalue weighted by Gasteiger charge is 2.12. The van der Waals surface area contributed by atoms with E-state index in [4.69, 9.17) is 5.11 Å². The van der Waals surface area contributed by atoms with Gasteiger partial charge in [-0.2, -0.15) is 5.10 Å². The number of hydrogen-bond acceptors (Lipinski definition) is 6. The lowest BCUT2D eigenvalue weighted by molar-refractivity contribution is 0.0691. The van der Waals surface area contributed by atoms with Gasteiger partial charge in [-0.25, -0.2) is 18.2 Å².